The molecule has 0 saturated carbocycles. The maximum Gasteiger partial charge on any atom is 0.223 e. The molecule has 1 atom stereocenters. The topological polar surface area (TPSA) is 41.4 Å². The van der Waals surface area contributed by atoms with Crippen molar-refractivity contribution >= 4 is 5.91 Å². The summed E-state index contributed by atoms with van der Waals surface area (Å²) in [5, 5.41) is 0. The number of rotatable bonds is 5. The molecule has 2 aromatic rings. The first-order valence-corrected chi connectivity index (χ1v) is 9.92. The van der Waals surface area contributed by atoms with Gasteiger partial charge in [-0.2, -0.15) is 0 Å². The second-order valence-electron chi connectivity index (χ2n) is 7.74. The Bertz CT molecular complexity index is 784. The minimum absolute atomic E-state index is 0.0844. The summed E-state index contributed by atoms with van der Waals surface area (Å²) >= 11 is 0. The van der Waals surface area contributed by atoms with Crippen LogP contribution in [0.1, 0.15) is 30.7 Å². The van der Waals surface area contributed by atoms with Gasteiger partial charge in [0.15, 0.2) is 0 Å². The molecule has 4 rings (SSSR count). The molecule has 0 N–H and O–H groups in total. The third-order valence-electron chi connectivity index (χ3n) is 5.70. The predicted octanol–water partition coefficient (Wildman–Crippen LogP) is 2.71. The molecule has 1 fully saturated rings. The van der Waals surface area contributed by atoms with E-state index in [0.29, 0.717) is 30.9 Å². The van der Waals surface area contributed by atoms with Crippen molar-refractivity contribution in [2.45, 2.75) is 38.8 Å². The lowest BCUT2D eigenvalue weighted by Gasteiger charge is -2.27. The average Bonchev–Trinajstić information content (AvgIpc) is 3.29. The highest BCUT2D eigenvalue weighted by Gasteiger charge is 2.27. The highest BCUT2D eigenvalue weighted by Crippen LogP contribution is 2.20. The first kappa shape index (κ1) is 18.2. The molecule has 144 valence electrons. The predicted molar refractivity (Wildman–Crippen MR) is 102 cm³/mol. The third-order valence-corrected chi connectivity index (χ3v) is 5.70. The Hall–Kier alpha value is -2.21. The summed E-state index contributed by atoms with van der Waals surface area (Å²) in [6.45, 7) is 5.54. The van der Waals surface area contributed by atoms with Crippen molar-refractivity contribution in [3.63, 3.8) is 0 Å². The molecule has 2 aliphatic heterocycles. The molecule has 3 heterocycles. The van der Waals surface area contributed by atoms with Crippen LogP contribution in [-0.2, 0) is 24.3 Å². The number of carbonyl (C=O) groups excluding carboxylic acids is 1. The summed E-state index contributed by atoms with van der Waals surface area (Å²) in [5.41, 5.74) is 0.607. The van der Waals surface area contributed by atoms with Gasteiger partial charge in [0.25, 0.3) is 0 Å². The monoisotopic (exact) mass is 370 g/mol. The molecule has 5 nitrogen and oxygen atoms in total. The van der Waals surface area contributed by atoms with Crippen LogP contribution in [0.4, 0.5) is 4.39 Å². The Morgan fingerprint density at radius 3 is 2.81 bits per heavy atom. The Morgan fingerprint density at radius 2 is 2.00 bits per heavy atom. The van der Waals surface area contributed by atoms with Crippen LogP contribution >= 0.6 is 0 Å². The second-order valence-corrected chi connectivity index (χ2v) is 7.74. The van der Waals surface area contributed by atoms with Gasteiger partial charge in [0, 0.05) is 44.4 Å². The van der Waals surface area contributed by atoms with Gasteiger partial charge in [-0.15, -0.1) is 0 Å². The number of hydrogen-bond donors (Lipinski definition) is 0. The van der Waals surface area contributed by atoms with E-state index in [9.17, 15) is 9.18 Å². The lowest BCUT2D eigenvalue weighted by molar-refractivity contribution is -0.132. The van der Waals surface area contributed by atoms with Gasteiger partial charge in [0.2, 0.25) is 5.91 Å². The van der Waals surface area contributed by atoms with Crippen LogP contribution in [0.2, 0.25) is 0 Å². The van der Waals surface area contributed by atoms with Crippen molar-refractivity contribution in [1.29, 1.82) is 0 Å². The van der Waals surface area contributed by atoms with Gasteiger partial charge < -0.3 is 14.4 Å². The molecule has 0 bridgehead atoms. The van der Waals surface area contributed by atoms with Crippen LogP contribution in [0, 0.1) is 11.7 Å². The number of nitrogens with zero attached hydrogens (tertiary/aromatic N) is 4. The zero-order valence-corrected chi connectivity index (χ0v) is 15.7. The molecule has 2 aliphatic rings. The molecule has 6 heteroatoms. The SMILES string of the molecule is O=C(CCc1ccccc1F)N1Cc2nccn2CC(CN2CCCC2)C1. The van der Waals surface area contributed by atoms with E-state index in [1.165, 1.54) is 18.9 Å². The number of fused-ring (bicyclic) bond motifs is 1. The Kier molecular flexibility index (Phi) is 5.53. The number of hydrogen-bond acceptors (Lipinski definition) is 3. The number of carbonyl (C=O) groups is 1. The third kappa shape index (κ3) is 4.38. The van der Waals surface area contributed by atoms with Gasteiger partial charge in [-0.3, -0.25) is 4.79 Å². The van der Waals surface area contributed by atoms with E-state index in [0.717, 1.165) is 38.5 Å². The van der Waals surface area contributed by atoms with Crippen LogP contribution in [-0.4, -0.2) is 51.4 Å². The summed E-state index contributed by atoms with van der Waals surface area (Å²) in [4.78, 5) is 21.8. The van der Waals surface area contributed by atoms with E-state index in [4.69, 9.17) is 0 Å². The Labute approximate surface area is 159 Å². The normalized spacial score (nSPS) is 20.5. The summed E-state index contributed by atoms with van der Waals surface area (Å²) in [6, 6.07) is 6.71. The molecule has 1 saturated heterocycles. The van der Waals surface area contributed by atoms with E-state index in [1.54, 1.807) is 12.1 Å². The summed E-state index contributed by atoms with van der Waals surface area (Å²) in [7, 11) is 0. The number of halogens is 1. The zero-order chi connectivity index (χ0) is 18.6. The number of amides is 1. The molecule has 0 spiro atoms. The van der Waals surface area contributed by atoms with E-state index in [1.807, 2.05) is 23.4 Å². The number of likely N-dealkylation sites (tertiary alicyclic amines) is 1. The average molecular weight is 370 g/mol. The van der Waals surface area contributed by atoms with Gasteiger partial charge in [0.05, 0.1) is 6.54 Å². The molecule has 1 amide bonds. The minimum atomic E-state index is -0.233. The maximum atomic E-state index is 13.8. The van der Waals surface area contributed by atoms with E-state index in [2.05, 4.69) is 14.5 Å². The molecule has 1 aromatic carbocycles. The van der Waals surface area contributed by atoms with Gasteiger partial charge in [-0.25, -0.2) is 9.37 Å². The summed E-state index contributed by atoms with van der Waals surface area (Å²) in [5.74, 6) is 1.19. The van der Waals surface area contributed by atoms with E-state index >= 15 is 0 Å². The van der Waals surface area contributed by atoms with Crippen LogP contribution in [0.25, 0.3) is 0 Å². The molecule has 1 unspecified atom stereocenters. The smallest absolute Gasteiger partial charge is 0.223 e. The van der Waals surface area contributed by atoms with Gasteiger partial charge in [0.1, 0.15) is 11.6 Å². The van der Waals surface area contributed by atoms with Crippen LogP contribution in [0.3, 0.4) is 0 Å². The van der Waals surface area contributed by atoms with Gasteiger partial charge in [-0.05, 0) is 44.0 Å². The van der Waals surface area contributed by atoms with Gasteiger partial charge in [-0.1, -0.05) is 18.2 Å². The molecule has 0 radical (unpaired) electrons. The molecule has 0 aliphatic carbocycles. The number of imidazole rings is 1. The maximum absolute atomic E-state index is 13.8. The van der Waals surface area contributed by atoms with E-state index in [-0.39, 0.29) is 11.7 Å². The fourth-order valence-corrected chi connectivity index (χ4v) is 4.28. The highest BCUT2D eigenvalue weighted by atomic mass is 19.1. The van der Waals surface area contributed by atoms with Crippen LogP contribution in [0.15, 0.2) is 36.7 Å². The summed E-state index contributed by atoms with van der Waals surface area (Å²) in [6.07, 6.45) is 7.14. The molecule has 27 heavy (non-hydrogen) atoms. The van der Waals surface area contributed by atoms with Crippen LogP contribution in [0.5, 0.6) is 0 Å². The van der Waals surface area contributed by atoms with Crippen molar-refractivity contribution in [2.24, 2.45) is 5.92 Å². The Morgan fingerprint density at radius 1 is 1.19 bits per heavy atom. The van der Waals surface area contributed by atoms with Crippen molar-refractivity contribution in [1.82, 2.24) is 19.4 Å². The Balaban J connectivity index is 1.43. The molecule has 1 aromatic heterocycles. The standard InChI is InChI=1S/C21H27FN4O/c22-19-6-2-1-5-18(19)7-8-21(27)26-15-17(13-24-10-3-4-11-24)14-25-12-9-23-20(25)16-26/h1-2,5-6,9,12,17H,3-4,7-8,10-11,13-16H2. The molecular weight excluding hydrogens is 343 g/mol. The van der Waals surface area contributed by atoms with Crippen LogP contribution < -0.4 is 0 Å². The largest absolute Gasteiger partial charge is 0.335 e. The van der Waals surface area contributed by atoms with E-state index < -0.39 is 0 Å². The number of aryl methyl sites for hydroxylation is 1. The fraction of sp³-hybridized carbons (Fsp3) is 0.524. The quantitative estimate of drug-likeness (QED) is 0.813. The van der Waals surface area contributed by atoms with Crippen molar-refractivity contribution < 1.29 is 9.18 Å². The molecular formula is C21H27FN4O. The van der Waals surface area contributed by atoms with Crippen molar-refractivity contribution in [3.8, 4) is 0 Å². The first-order valence-electron chi connectivity index (χ1n) is 9.92. The lowest BCUT2D eigenvalue weighted by Crippen LogP contribution is -2.38. The number of aromatic nitrogens is 2. The van der Waals surface area contributed by atoms with Gasteiger partial charge >= 0.3 is 0 Å². The first-order chi connectivity index (χ1) is 13.2. The second kappa shape index (κ2) is 8.21. The van der Waals surface area contributed by atoms with Crippen molar-refractivity contribution in [3.05, 3.63) is 53.9 Å². The minimum Gasteiger partial charge on any atom is -0.335 e. The number of benzene rings is 1. The highest BCUT2D eigenvalue weighted by molar-refractivity contribution is 5.76. The fourth-order valence-electron chi connectivity index (χ4n) is 4.28. The summed E-state index contributed by atoms with van der Waals surface area (Å²) < 4.78 is 16.0. The van der Waals surface area contributed by atoms with Crippen molar-refractivity contribution in [2.75, 3.05) is 26.2 Å². The lowest BCUT2D eigenvalue weighted by atomic mass is 10.1. The zero-order valence-electron chi connectivity index (χ0n) is 15.7.